The van der Waals surface area contributed by atoms with Crippen LogP contribution in [0.5, 0.6) is 0 Å². The van der Waals surface area contributed by atoms with Gasteiger partial charge in [0, 0.05) is 18.2 Å². The first-order valence-corrected chi connectivity index (χ1v) is 9.19. The summed E-state index contributed by atoms with van der Waals surface area (Å²) in [6.07, 6.45) is 2.20. The number of nitrogens with one attached hydrogen (secondary N) is 2. The molecule has 2 aromatic rings. The van der Waals surface area contributed by atoms with Crippen molar-refractivity contribution in [2.24, 2.45) is 0 Å². The number of nitrogens with zero attached hydrogens (tertiary/aromatic N) is 1. The topological polar surface area (TPSA) is 78.5 Å². The lowest BCUT2D eigenvalue weighted by molar-refractivity contribution is 0.0642. The van der Waals surface area contributed by atoms with Crippen LogP contribution in [0.4, 0.5) is 0 Å². The van der Waals surface area contributed by atoms with E-state index in [0.717, 1.165) is 24.9 Å². The number of carbonyl (C=O) groups excluding carboxylic acids is 3. The maximum absolute atomic E-state index is 12.5. The molecule has 0 radical (unpaired) electrons. The van der Waals surface area contributed by atoms with Crippen LogP contribution >= 0.6 is 12.4 Å². The molecule has 28 heavy (non-hydrogen) atoms. The first kappa shape index (κ1) is 20.0. The molecule has 2 aliphatic rings. The number of imide groups is 1. The van der Waals surface area contributed by atoms with Gasteiger partial charge in [0.25, 0.3) is 17.7 Å². The lowest BCUT2D eigenvalue weighted by Gasteiger charge is -2.15. The second-order valence-electron chi connectivity index (χ2n) is 6.95. The fourth-order valence-electron chi connectivity index (χ4n) is 3.63. The molecule has 146 valence electrons. The SMILES string of the molecule is Cl.O=C(NCC1CCCN1)c1cccc(CN2C(=O)c3ccccc3C2=O)c1. The van der Waals surface area contributed by atoms with Gasteiger partial charge in [0.2, 0.25) is 0 Å². The van der Waals surface area contributed by atoms with E-state index in [4.69, 9.17) is 0 Å². The Morgan fingerprint density at radius 2 is 1.79 bits per heavy atom. The first-order valence-electron chi connectivity index (χ1n) is 9.19. The zero-order valence-corrected chi connectivity index (χ0v) is 16.1. The van der Waals surface area contributed by atoms with E-state index in [1.54, 1.807) is 42.5 Å². The van der Waals surface area contributed by atoms with Crippen molar-refractivity contribution in [2.45, 2.75) is 25.4 Å². The van der Waals surface area contributed by atoms with Gasteiger partial charge in [-0.1, -0.05) is 24.3 Å². The fourth-order valence-corrected chi connectivity index (χ4v) is 3.63. The largest absolute Gasteiger partial charge is 0.350 e. The summed E-state index contributed by atoms with van der Waals surface area (Å²) in [7, 11) is 0. The Morgan fingerprint density at radius 1 is 1.07 bits per heavy atom. The van der Waals surface area contributed by atoms with Crippen LogP contribution in [0.15, 0.2) is 48.5 Å². The molecule has 0 spiro atoms. The summed E-state index contributed by atoms with van der Waals surface area (Å²) in [6, 6.07) is 14.2. The van der Waals surface area contributed by atoms with Crippen LogP contribution < -0.4 is 10.6 Å². The highest BCUT2D eigenvalue weighted by molar-refractivity contribution is 6.21. The second-order valence-corrected chi connectivity index (χ2v) is 6.95. The molecular formula is C21H22ClN3O3. The van der Waals surface area contributed by atoms with E-state index in [0.29, 0.717) is 29.3 Å². The number of benzene rings is 2. The molecular weight excluding hydrogens is 378 g/mol. The first-order chi connectivity index (χ1) is 13.1. The van der Waals surface area contributed by atoms with Crippen molar-refractivity contribution >= 4 is 30.1 Å². The highest BCUT2D eigenvalue weighted by Gasteiger charge is 2.35. The molecule has 1 fully saturated rings. The van der Waals surface area contributed by atoms with Crippen molar-refractivity contribution in [3.63, 3.8) is 0 Å². The maximum atomic E-state index is 12.5. The summed E-state index contributed by atoms with van der Waals surface area (Å²) in [6.45, 7) is 1.75. The van der Waals surface area contributed by atoms with Crippen molar-refractivity contribution < 1.29 is 14.4 Å². The van der Waals surface area contributed by atoms with Crippen LogP contribution in [0.25, 0.3) is 0 Å². The van der Waals surface area contributed by atoms with Crippen molar-refractivity contribution in [2.75, 3.05) is 13.1 Å². The van der Waals surface area contributed by atoms with Crippen LogP contribution in [-0.2, 0) is 6.54 Å². The number of halogens is 1. The lowest BCUT2D eigenvalue weighted by Crippen LogP contribution is -2.37. The summed E-state index contributed by atoms with van der Waals surface area (Å²) in [5, 5.41) is 6.29. The molecule has 1 atom stereocenters. The van der Waals surface area contributed by atoms with Gasteiger partial charge >= 0.3 is 0 Å². The highest BCUT2D eigenvalue weighted by atomic mass is 35.5. The Morgan fingerprint density at radius 3 is 2.43 bits per heavy atom. The van der Waals surface area contributed by atoms with Crippen molar-refractivity contribution in [1.29, 1.82) is 0 Å². The molecule has 1 unspecified atom stereocenters. The van der Waals surface area contributed by atoms with Gasteiger partial charge in [0.1, 0.15) is 0 Å². The molecule has 2 aliphatic heterocycles. The van der Waals surface area contributed by atoms with Crippen LogP contribution in [0.2, 0.25) is 0 Å². The number of fused-ring (bicyclic) bond motifs is 1. The molecule has 0 bridgehead atoms. The third-order valence-corrected chi connectivity index (χ3v) is 5.08. The number of hydrogen-bond acceptors (Lipinski definition) is 4. The monoisotopic (exact) mass is 399 g/mol. The quantitative estimate of drug-likeness (QED) is 0.757. The van der Waals surface area contributed by atoms with Gasteiger partial charge in [0.15, 0.2) is 0 Å². The van der Waals surface area contributed by atoms with Gasteiger partial charge in [-0.2, -0.15) is 0 Å². The molecule has 2 aromatic carbocycles. The minimum Gasteiger partial charge on any atom is -0.350 e. The number of hydrogen-bond donors (Lipinski definition) is 2. The fraction of sp³-hybridized carbons (Fsp3) is 0.286. The van der Waals surface area contributed by atoms with Crippen LogP contribution in [0.3, 0.4) is 0 Å². The Bertz CT molecular complexity index is 874. The van der Waals surface area contributed by atoms with Gasteiger partial charge < -0.3 is 10.6 Å². The van der Waals surface area contributed by atoms with Gasteiger partial charge in [-0.3, -0.25) is 19.3 Å². The van der Waals surface area contributed by atoms with Gasteiger partial charge in [-0.05, 0) is 49.2 Å². The zero-order valence-electron chi connectivity index (χ0n) is 15.3. The van der Waals surface area contributed by atoms with E-state index >= 15 is 0 Å². The Labute approximate surface area is 169 Å². The molecule has 0 aliphatic carbocycles. The summed E-state index contributed by atoms with van der Waals surface area (Å²) in [4.78, 5) is 38.6. The minimum absolute atomic E-state index is 0. The molecule has 7 heteroatoms. The predicted molar refractivity (Wildman–Crippen MR) is 108 cm³/mol. The summed E-state index contributed by atoms with van der Waals surface area (Å²) in [5.41, 5.74) is 2.14. The number of rotatable bonds is 5. The van der Waals surface area contributed by atoms with Crippen LogP contribution in [0, 0.1) is 0 Å². The molecule has 0 aromatic heterocycles. The molecule has 2 N–H and O–H groups in total. The van der Waals surface area contributed by atoms with Crippen LogP contribution in [-0.4, -0.2) is 41.8 Å². The van der Waals surface area contributed by atoms with Crippen molar-refractivity contribution in [3.8, 4) is 0 Å². The summed E-state index contributed by atoms with van der Waals surface area (Å²) >= 11 is 0. The average molecular weight is 400 g/mol. The van der Waals surface area contributed by atoms with E-state index in [1.165, 1.54) is 4.90 Å². The van der Waals surface area contributed by atoms with Crippen LogP contribution in [0.1, 0.15) is 49.5 Å². The van der Waals surface area contributed by atoms with Gasteiger partial charge in [0.05, 0.1) is 17.7 Å². The van der Waals surface area contributed by atoms with E-state index < -0.39 is 0 Å². The van der Waals surface area contributed by atoms with E-state index in [9.17, 15) is 14.4 Å². The molecule has 1 saturated heterocycles. The van der Waals surface area contributed by atoms with Gasteiger partial charge in [-0.15, -0.1) is 12.4 Å². The van der Waals surface area contributed by atoms with Crippen molar-refractivity contribution in [1.82, 2.24) is 15.5 Å². The van der Waals surface area contributed by atoms with Crippen molar-refractivity contribution in [3.05, 3.63) is 70.8 Å². The van der Waals surface area contributed by atoms with E-state index in [1.807, 2.05) is 6.07 Å². The number of amides is 3. The summed E-state index contributed by atoms with van der Waals surface area (Å²) < 4.78 is 0. The minimum atomic E-state index is -0.294. The number of carbonyl (C=O) groups is 3. The third kappa shape index (κ3) is 3.93. The van der Waals surface area contributed by atoms with Gasteiger partial charge in [-0.25, -0.2) is 0 Å². The van der Waals surface area contributed by atoms with E-state index in [-0.39, 0.29) is 36.7 Å². The highest BCUT2D eigenvalue weighted by Crippen LogP contribution is 2.24. The predicted octanol–water partition coefficient (Wildman–Crippen LogP) is 2.39. The third-order valence-electron chi connectivity index (χ3n) is 5.08. The normalized spacial score (nSPS) is 18.0. The summed E-state index contributed by atoms with van der Waals surface area (Å²) in [5.74, 6) is -0.733. The average Bonchev–Trinajstić information content (AvgIpc) is 3.30. The Hall–Kier alpha value is -2.70. The Kier molecular flexibility index (Phi) is 6.11. The lowest BCUT2D eigenvalue weighted by atomic mass is 10.1. The smallest absolute Gasteiger partial charge is 0.261 e. The molecule has 2 heterocycles. The standard InChI is InChI=1S/C21H21N3O3.ClH/c25-19(23-12-16-7-4-10-22-16)15-6-3-5-14(11-15)13-24-20(26)17-8-1-2-9-18(17)21(24)27;/h1-3,5-6,8-9,11,16,22H,4,7,10,12-13H2,(H,23,25);1H. The molecule has 3 amide bonds. The van der Waals surface area contributed by atoms with E-state index in [2.05, 4.69) is 10.6 Å². The zero-order chi connectivity index (χ0) is 18.8. The molecule has 0 saturated carbocycles. The second kappa shape index (κ2) is 8.54. The molecule has 6 nitrogen and oxygen atoms in total. The Balaban J connectivity index is 0.00000225. The molecule has 4 rings (SSSR count). The maximum Gasteiger partial charge on any atom is 0.261 e.